The third kappa shape index (κ3) is 3.56. The molecule has 3 aromatic rings. The Morgan fingerprint density at radius 1 is 0.946 bits per heavy atom. The number of rotatable bonds is 8. The lowest BCUT2D eigenvalue weighted by Gasteiger charge is -2.31. The first-order chi connectivity index (χ1) is 18.0. The second-order valence-electron chi connectivity index (χ2n) is 10.5. The number of carbonyl (C=O) groups excluding carboxylic acids is 2. The normalized spacial score (nSPS) is 28.1. The van der Waals surface area contributed by atoms with Gasteiger partial charge in [-0.15, -0.1) is 0 Å². The van der Waals surface area contributed by atoms with Crippen molar-refractivity contribution in [2.24, 2.45) is 11.8 Å². The number of anilines is 1. The first-order valence-electron chi connectivity index (χ1n) is 13.2. The molecule has 2 bridgehead atoms. The van der Waals surface area contributed by atoms with Gasteiger partial charge in [0, 0.05) is 11.8 Å². The predicted octanol–water partition coefficient (Wildman–Crippen LogP) is 5.78. The van der Waals surface area contributed by atoms with E-state index in [1.54, 1.807) is 6.07 Å². The van der Waals surface area contributed by atoms with E-state index in [9.17, 15) is 14.9 Å². The van der Waals surface area contributed by atoms with Gasteiger partial charge < -0.3 is 9.47 Å². The highest BCUT2D eigenvalue weighted by molar-refractivity contribution is 6.24. The first-order valence-corrected chi connectivity index (χ1v) is 13.2. The molecule has 3 saturated heterocycles. The molecule has 3 heterocycles. The van der Waals surface area contributed by atoms with Gasteiger partial charge in [0.1, 0.15) is 11.8 Å². The zero-order valence-corrected chi connectivity index (χ0v) is 21.0. The van der Waals surface area contributed by atoms with Crippen molar-refractivity contribution in [3.63, 3.8) is 0 Å². The topological polar surface area (TPSA) is 79.6 Å². The van der Waals surface area contributed by atoms with Crippen molar-refractivity contribution in [1.82, 2.24) is 0 Å². The standard InChI is InChI=1S/C31H30N2O4/c1-2-3-15-30-16-17-31(37-30,18-19-36-22-10-5-4-6-11-22)27-26(30)28(34)33(29(27)35)25-14-13-21-9-7-8-12-23(21)24(25)20-32/h4-14,26-27H,2-3,15-19H2,1H3. The summed E-state index contributed by atoms with van der Waals surface area (Å²) in [5.41, 5.74) is -0.639. The molecule has 0 N–H and O–H groups in total. The molecule has 2 amide bonds. The minimum Gasteiger partial charge on any atom is -0.493 e. The Hall–Kier alpha value is -3.69. The van der Waals surface area contributed by atoms with Gasteiger partial charge in [0.2, 0.25) is 11.8 Å². The Balaban J connectivity index is 1.37. The SMILES string of the molecule is CCCCC12CCC(CCOc3ccccc3)(O1)C1C(=O)N(c3ccc4ccccc4c3C#N)C(=O)C12. The summed E-state index contributed by atoms with van der Waals surface area (Å²) >= 11 is 0. The molecule has 0 saturated carbocycles. The Morgan fingerprint density at radius 2 is 1.62 bits per heavy atom. The largest absolute Gasteiger partial charge is 0.493 e. The molecule has 3 aliphatic heterocycles. The van der Waals surface area contributed by atoms with E-state index in [0.717, 1.165) is 48.6 Å². The molecule has 0 aromatic heterocycles. The average Bonchev–Trinajstić information content (AvgIpc) is 3.53. The predicted molar refractivity (Wildman–Crippen MR) is 140 cm³/mol. The summed E-state index contributed by atoms with van der Waals surface area (Å²) < 4.78 is 12.8. The van der Waals surface area contributed by atoms with Crippen molar-refractivity contribution in [3.05, 3.63) is 72.3 Å². The fourth-order valence-electron chi connectivity index (χ4n) is 6.90. The van der Waals surface area contributed by atoms with Gasteiger partial charge in [-0.25, -0.2) is 4.90 Å². The van der Waals surface area contributed by atoms with Crippen LogP contribution in [0.3, 0.4) is 0 Å². The lowest BCUT2D eigenvalue weighted by molar-refractivity contribution is -0.132. The van der Waals surface area contributed by atoms with E-state index in [1.165, 1.54) is 4.90 Å². The molecule has 188 valence electrons. The minimum atomic E-state index is -0.738. The van der Waals surface area contributed by atoms with Gasteiger partial charge in [-0.3, -0.25) is 9.59 Å². The summed E-state index contributed by atoms with van der Waals surface area (Å²) in [6.07, 6.45) is 4.69. The van der Waals surface area contributed by atoms with Crippen molar-refractivity contribution in [2.75, 3.05) is 11.5 Å². The first kappa shape index (κ1) is 23.7. The molecule has 4 unspecified atom stereocenters. The number of ether oxygens (including phenoxy) is 2. The molecule has 6 nitrogen and oxygen atoms in total. The van der Waals surface area contributed by atoms with Crippen LogP contribution in [-0.4, -0.2) is 29.6 Å². The molecule has 3 aliphatic rings. The molecular weight excluding hydrogens is 464 g/mol. The maximum absolute atomic E-state index is 14.1. The number of amides is 2. The fourth-order valence-corrected chi connectivity index (χ4v) is 6.90. The number of unbranched alkanes of at least 4 members (excludes halogenated alkanes) is 1. The third-order valence-electron chi connectivity index (χ3n) is 8.57. The number of imide groups is 1. The zero-order chi connectivity index (χ0) is 25.6. The Bertz CT molecular complexity index is 1410. The maximum Gasteiger partial charge on any atom is 0.240 e. The highest BCUT2D eigenvalue weighted by atomic mass is 16.5. The van der Waals surface area contributed by atoms with Crippen LogP contribution in [-0.2, 0) is 14.3 Å². The number of benzene rings is 3. The van der Waals surface area contributed by atoms with Crippen molar-refractivity contribution in [3.8, 4) is 11.8 Å². The van der Waals surface area contributed by atoms with E-state index < -0.39 is 23.0 Å². The maximum atomic E-state index is 14.1. The monoisotopic (exact) mass is 494 g/mol. The molecule has 0 radical (unpaired) electrons. The van der Waals surface area contributed by atoms with E-state index in [4.69, 9.17) is 9.47 Å². The number of nitrogens with zero attached hydrogens (tertiary/aromatic N) is 2. The molecule has 4 atom stereocenters. The van der Waals surface area contributed by atoms with Crippen molar-refractivity contribution < 1.29 is 19.1 Å². The Morgan fingerprint density at radius 3 is 2.32 bits per heavy atom. The van der Waals surface area contributed by atoms with Crippen molar-refractivity contribution >= 4 is 28.3 Å². The molecule has 6 rings (SSSR count). The number of fused-ring (bicyclic) bond motifs is 6. The van der Waals surface area contributed by atoms with Gasteiger partial charge in [0.25, 0.3) is 0 Å². The van der Waals surface area contributed by atoms with Gasteiger partial charge in [0.15, 0.2) is 0 Å². The van der Waals surface area contributed by atoms with Crippen LogP contribution in [0.15, 0.2) is 66.7 Å². The van der Waals surface area contributed by atoms with Crippen LogP contribution in [0.4, 0.5) is 5.69 Å². The van der Waals surface area contributed by atoms with E-state index in [-0.39, 0.29) is 11.8 Å². The van der Waals surface area contributed by atoms with Crippen LogP contribution in [0, 0.1) is 23.2 Å². The quantitative estimate of drug-likeness (QED) is 0.371. The van der Waals surface area contributed by atoms with Crippen LogP contribution in [0.25, 0.3) is 10.8 Å². The third-order valence-corrected chi connectivity index (χ3v) is 8.57. The van der Waals surface area contributed by atoms with Gasteiger partial charge in [-0.1, -0.05) is 68.3 Å². The molecule has 6 heteroatoms. The Labute approximate surface area is 216 Å². The van der Waals surface area contributed by atoms with Gasteiger partial charge >= 0.3 is 0 Å². The van der Waals surface area contributed by atoms with Gasteiger partial charge in [0.05, 0.1) is 40.9 Å². The van der Waals surface area contributed by atoms with E-state index in [2.05, 4.69) is 13.0 Å². The van der Waals surface area contributed by atoms with Crippen LogP contribution in [0.2, 0.25) is 0 Å². The van der Waals surface area contributed by atoms with E-state index >= 15 is 0 Å². The van der Waals surface area contributed by atoms with Crippen LogP contribution >= 0.6 is 0 Å². The number of hydrogen-bond acceptors (Lipinski definition) is 5. The minimum absolute atomic E-state index is 0.233. The number of para-hydroxylation sites is 1. The van der Waals surface area contributed by atoms with Crippen LogP contribution in [0.5, 0.6) is 5.75 Å². The summed E-state index contributed by atoms with van der Waals surface area (Å²) in [5.74, 6) is -0.810. The van der Waals surface area contributed by atoms with Gasteiger partial charge in [-0.2, -0.15) is 5.26 Å². The summed E-state index contributed by atoms with van der Waals surface area (Å²) in [6, 6.07) is 23.1. The smallest absolute Gasteiger partial charge is 0.240 e. The van der Waals surface area contributed by atoms with Crippen LogP contribution in [0.1, 0.15) is 51.0 Å². The molecule has 3 aromatic carbocycles. The number of carbonyl (C=O) groups is 2. The van der Waals surface area contributed by atoms with E-state index in [0.29, 0.717) is 24.3 Å². The van der Waals surface area contributed by atoms with E-state index in [1.807, 2.05) is 60.7 Å². The summed E-state index contributed by atoms with van der Waals surface area (Å²) in [7, 11) is 0. The molecule has 3 fully saturated rings. The lowest BCUT2D eigenvalue weighted by Crippen LogP contribution is -2.43. The van der Waals surface area contributed by atoms with Gasteiger partial charge in [-0.05, 0) is 42.8 Å². The van der Waals surface area contributed by atoms with Crippen molar-refractivity contribution in [2.45, 2.75) is 56.7 Å². The number of hydrogen-bond donors (Lipinski definition) is 0. The highest BCUT2D eigenvalue weighted by Gasteiger charge is 2.75. The Kier molecular flexibility index (Phi) is 5.77. The highest BCUT2D eigenvalue weighted by Crippen LogP contribution is 2.64. The zero-order valence-electron chi connectivity index (χ0n) is 21.0. The lowest BCUT2D eigenvalue weighted by atomic mass is 9.65. The number of nitriles is 1. The summed E-state index contributed by atoms with van der Waals surface area (Å²) in [4.78, 5) is 29.5. The average molecular weight is 495 g/mol. The molecule has 37 heavy (non-hydrogen) atoms. The second-order valence-corrected chi connectivity index (χ2v) is 10.5. The second kappa shape index (κ2) is 9.00. The summed E-state index contributed by atoms with van der Waals surface area (Å²) in [5, 5.41) is 11.7. The molecular formula is C31H30N2O4. The molecule has 0 aliphatic carbocycles. The van der Waals surface area contributed by atoms with Crippen LogP contribution < -0.4 is 9.64 Å². The van der Waals surface area contributed by atoms with Crippen molar-refractivity contribution in [1.29, 1.82) is 5.26 Å². The fraction of sp³-hybridized carbons (Fsp3) is 0.387. The molecule has 0 spiro atoms. The summed E-state index contributed by atoms with van der Waals surface area (Å²) in [6.45, 7) is 2.53.